The Hall–Kier alpha value is -1.72. The van der Waals surface area contributed by atoms with Crippen LogP contribution in [0, 0.1) is 11.2 Å². The van der Waals surface area contributed by atoms with E-state index in [1.54, 1.807) is 12.1 Å². The van der Waals surface area contributed by atoms with E-state index in [9.17, 15) is 9.18 Å². The van der Waals surface area contributed by atoms with Crippen molar-refractivity contribution in [1.82, 2.24) is 14.8 Å². The van der Waals surface area contributed by atoms with E-state index in [2.05, 4.69) is 30.7 Å². The van der Waals surface area contributed by atoms with Gasteiger partial charge in [-0.15, -0.1) is 0 Å². The third kappa shape index (κ3) is 4.28. The summed E-state index contributed by atoms with van der Waals surface area (Å²) in [6.07, 6.45) is 0. The van der Waals surface area contributed by atoms with Crippen LogP contribution in [0.4, 0.5) is 4.39 Å². The summed E-state index contributed by atoms with van der Waals surface area (Å²) in [7, 11) is 0. The van der Waals surface area contributed by atoms with E-state index in [-0.39, 0.29) is 22.3 Å². The predicted molar refractivity (Wildman–Crippen MR) is 98.5 cm³/mol. The van der Waals surface area contributed by atoms with Gasteiger partial charge >= 0.3 is 0 Å². The van der Waals surface area contributed by atoms with Crippen LogP contribution in [0.1, 0.15) is 31.1 Å². The molecule has 0 bridgehead atoms. The molecule has 1 saturated heterocycles. The fourth-order valence-electron chi connectivity index (χ4n) is 3.22. The van der Waals surface area contributed by atoms with Crippen LogP contribution < -0.4 is 0 Å². The zero-order valence-electron chi connectivity index (χ0n) is 14.9. The maximum absolute atomic E-state index is 13.3. The second-order valence-electron chi connectivity index (χ2n) is 7.79. The highest BCUT2D eigenvalue weighted by molar-refractivity contribution is 6.33. The molecule has 1 fully saturated rings. The molecule has 0 unspecified atom stereocenters. The normalized spacial score (nSPS) is 16.4. The summed E-state index contributed by atoms with van der Waals surface area (Å²) < 4.78 is 13.3. The Labute approximate surface area is 152 Å². The molecular formula is C19H23ClFN3O. The molecule has 2 heterocycles. The molecule has 0 radical (unpaired) electrons. The van der Waals surface area contributed by atoms with Gasteiger partial charge in [0.25, 0.3) is 5.91 Å². The van der Waals surface area contributed by atoms with Gasteiger partial charge in [0.2, 0.25) is 0 Å². The van der Waals surface area contributed by atoms with Crippen LogP contribution in [0.2, 0.25) is 5.15 Å². The number of hydrogen-bond acceptors (Lipinski definition) is 3. The average molecular weight is 364 g/mol. The monoisotopic (exact) mass is 363 g/mol. The van der Waals surface area contributed by atoms with E-state index < -0.39 is 0 Å². The molecule has 0 spiro atoms. The number of piperazine rings is 1. The smallest absolute Gasteiger partial charge is 0.257 e. The first kappa shape index (κ1) is 18.1. The van der Waals surface area contributed by atoms with Gasteiger partial charge in [-0.05, 0) is 23.6 Å². The van der Waals surface area contributed by atoms with E-state index >= 15 is 0 Å². The van der Waals surface area contributed by atoms with Crippen molar-refractivity contribution in [3.05, 3.63) is 40.8 Å². The Kier molecular flexibility index (Phi) is 4.98. The third-order valence-electron chi connectivity index (χ3n) is 4.32. The molecule has 4 nitrogen and oxygen atoms in total. The number of hydrogen-bond donors (Lipinski definition) is 0. The fourth-order valence-corrected chi connectivity index (χ4v) is 3.44. The van der Waals surface area contributed by atoms with Crippen molar-refractivity contribution < 1.29 is 9.18 Å². The van der Waals surface area contributed by atoms with Crippen LogP contribution in [-0.2, 0) is 0 Å². The summed E-state index contributed by atoms with van der Waals surface area (Å²) in [5, 5.41) is 0.834. The van der Waals surface area contributed by atoms with Crippen LogP contribution in [0.15, 0.2) is 24.3 Å². The quantitative estimate of drug-likeness (QED) is 0.761. The highest BCUT2D eigenvalue weighted by atomic mass is 35.5. The SMILES string of the molecule is CC(C)(C)CN1CCN(C(=O)c2cc3ccc(F)cc3nc2Cl)CC1. The van der Waals surface area contributed by atoms with Crippen molar-refractivity contribution in [1.29, 1.82) is 0 Å². The van der Waals surface area contributed by atoms with Crippen molar-refractivity contribution >= 4 is 28.4 Å². The lowest BCUT2D eigenvalue weighted by Crippen LogP contribution is -2.50. The number of aromatic nitrogens is 1. The van der Waals surface area contributed by atoms with Crippen molar-refractivity contribution in [3.63, 3.8) is 0 Å². The molecule has 1 aliphatic heterocycles. The van der Waals surface area contributed by atoms with Crippen molar-refractivity contribution in [2.24, 2.45) is 5.41 Å². The van der Waals surface area contributed by atoms with E-state index in [1.165, 1.54) is 12.1 Å². The van der Waals surface area contributed by atoms with Gasteiger partial charge in [-0.25, -0.2) is 9.37 Å². The minimum Gasteiger partial charge on any atom is -0.336 e. The van der Waals surface area contributed by atoms with E-state index in [0.29, 0.717) is 29.6 Å². The lowest BCUT2D eigenvalue weighted by atomic mass is 9.96. The molecule has 3 rings (SSSR count). The van der Waals surface area contributed by atoms with Gasteiger partial charge in [-0.3, -0.25) is 9.69 Å². The number of carbonyl (C=O) groups is 1. The molecule has 134 valence electrons. The van der Waals surface area contributed by atoms with Crippen LogP contribution in [0.25, 0.3) is 10.9 Å². The summed E-state index contributed by atoms with van der Waals surface area (Å²) in [6, 6.07) is 6.00. The summed E-state index contributed by atoms with van der Waals surface area (Å²) in [6.45, 7) is 10.7. The molecule has 2 aromatic rings. The van der Waals surface area contributed by atoms with Gasteiger partial charge < -0.3 is 4.90 Å². The van der Waals surface area contributed by atoms with Gasteiger partial charge in [0.05, 0.1) is 11.1 Å². The Morgan fingerprint density at radius 1 is 1.20 bits per heavy atom. The summed E-state index contributed by atoms with van der Waals surface area (Å²) >= 11 is 6.19. The second kappa shape index (κ2) is 6.89. The number of benzene rings is 1. The van der Waals surface area contributed by atoms with Crippen LogP contribution in [0.3, 0.4) is 0 Å². The molecule has 1 aromatic carbocycles. The number of rotatable bonds is 2. The Bertz CT molecular complexity index is 795. The Balaban J connectivity index is 1.75. The van der Waals surface area contributed by atoms with Gasteiger partial charge in [-0.2, -0.15) is 0 Å². The lowest BCUT2D eigenvalue weighted by molar-refractivity contribution is 0.0592. The van der Waals surface area contributed by atoms with Crippen LogP contribution in [0.5, 0.6) is 0 Å². The first-order chi connectivity index (χ1) is 11.7. The Morgan fingerprint density at radius 3 is 2.52 bits per heavy atom. The zero-order chi connectivity index (χ0) is 18.2. The zero-order valence-corrected chi connectivity index (χ0v) is 15.6. The molecule has 6 heteroatoms. The summed E-state index contributed by atoms with van der Waals surface area (Å²) in [5.41, 5.74) is 1.08. The maximum Gasteiger partial charge on any atom is 0.257 e. The van der Waals surface area contributed by atoms with Gasteiger partial charge in [-0.1, -0.05) is 32.4 Å². The second-order valence-corrected chi connectivity index (χ2v) is 8.15. The molecular weight excluding hydrogens is 341 g/mol. The lowest BCUT2D eigenvalue weighted by Gasteiger charge is -2.37. The molecule has 0 atom stereocenters. The van der Waals surface area contributed by atoms with Gasteiger partial charge in [0.15, 0.2) is 0 Å². The molecule has 0 saturated carbocycles. The number of pyridine rings is 1. The van der Waals surface area contributed by atoms with Gasteiger partial charge in [0.1, 0.15) is 11.0 Å². The molecule has 1 aromatic heterocycles. The minimum atomic E-state index is -0.370. The first-order valence-corrected chi connectivity index (χ1v) is 8.88. The highest BCUT2D eigenvalue weighted by Crippen LogP contribution is 2.23. The van der Waals surface area contributed by atoms with E-state index in [0.717, 1.165) is 19.6 Å². The molecule has 0 aliphatic carbocycles. The number of carbonyl (C=O) groups excluding carboxylic acids is 1. The molecule has 25 heavy (non-hydrogen) atoms. The summed E-state index contributed by atoms with van der Waals surface area (Å²) in [5.74, 6) is -0.482. The molecule has 0 N–H and O–H groups in total. The third-order valence-corrected chi connectivity index (χ3v) is 4.61. The summed E-state index contributed by atoms with van der Waals surface area (Å²) in [4.78, 5) is 21.2. The Morgan fingerprint density at radius 2 is 1.88 bits per heavy atom. The van der Waals surface area contributed by atoms with E-state index in [1.807, 2.05) is 4.90 Å². The topological polar surface area (TPSA) is 36.4 Å². The standard InChI is InChI=1S/C19H23ClFN3O/c1-19(2,3)12-23-6-8-24(9-7-23)18(25)15-10-13-4-5-14(21)11-16(13)22-17(15)20/h4-5,10-11H,6-9,12H2,1-3H3. The van der Waals surface area contributed by atoms with Crippen LogP contribution in [-0.4, -0.2) is 53.4 Å². The first-order valence-electron chi connectivity index (χ1n) is 8.50. The van der Waals surface area contributed by atoms with Crippen LogP contribution >= 0.6 is 11.6 Å². The largest absolute Gasteiger partial charge is 0.336 e. The van der Waals surface area contributed by atoms with Crippen molar-refractivity contribution in [2.45, 2.75) is 20.8 Å². The van der Waals surface area contributed by atoms with E-state index in [4.69, 9.17) is 11.6 Å². The highest BCUT2D eigenvalue weighted by Gasteiger charge is 2.26. The number of fused-ring (bicyclic) bond motifs is 1. The van der Waals surface area contributed by atoms with Crippen molar-refractivity contribution in [2.75, 3.05) is 32.7 Å². The maximum atomic E-state index is 13.3. The van der Waals surface area contributed by atoms with Gasteiger partial charge in [0, 0.05) is 44.2 Å². The number of halogens is 2. The predicted octanol–water partition coefficient (Wildman–Crippen LogP) is 3.83. The minimum absolute atomic E-state index is 0.112. The van der Waals surface area contributed by atoms with Crippen molar-refractivity contribution in [3.8, 4) is 0 Å². The average Bonchev–Trinajstić information content (AvgIpc) is 2.52. The molecule has 1 aliphatic rings. The molecule has 1 amide bonds. The fraction of sp³-hybridized carbons (Fsp3) is 0.474. The number of nitrogens with zero attached hydrogens (tertiary/aromatic N) is 3. The number of amides is 1.